The highest BCUT2D eigenvalue weighted by molar-refractivity contribution is 8.00. The summed E-state index contributed by atoms with van der Waals surface area (Å²) in [5.74, 6) is -2.15. The Hall–Kier alpha value is -2.64. The molecule has 0 bridgehead atoms. The number of anilines is 1. The number of oxime groups is 1. The van der Waals surface area contributed by atoms with Crippen LogP contribution in [0.15, 0.2) is 21.8 Å². The highest BCUT2D eigenvalue weighted by atomic mass is 32.2. The summed E-state index contributed by atoms with van der Waals surface area (Å²) in [7, 11) is 5.25. The largest absolute Gasteiger partial charge is 0.543 e. The zero-order chi connectivity index (χ0) is 22.9. The molecular formula is C18H24N6O5S2. The number of hydrogen-bond donors (Lipinski definition) is 2. The second-order valence-electron chi connectivity index (χ2n) is 7.70. The minimum atomic E-state index is -1.39. The Morgan fingerprint density at radius 3 is 2.74 bits per heavy atom. The number of thioether (sulfide) groups is 1. The normalized spacial score (nSPS) is 21.5. The molecule has 31 heavy (non-hydrogen) atoms. The van der Waals surface area contributed by atoms with Gasteiger partial charge in [-0.1, -0.05) is 5.16 Å². The van der Waals surface area contributed by atoms with E-state index in [1.807, 2.05) is 21.0 Å². The minimum absolute atomic E-state index is 0.100. The molecule has 3 rings (SSSR count). The third-order valence-corrected chi connectivity index (χ3v) is 7.18. The number of nitrogens with zero attached hydrogens (tertiary/aromatic N) is 4. The van der Waals surface area contributed by atoms with Crippen LogP contribution < -0.4 is 16.2 Å². The van der Waals surface area contributed by atoms with E-state index in [2.05, 4.69) is 15.5 Å². The van der Waals surface area contributed by atoms with Crippen molar-refractivity contribution in [2.24, 2.45) is 5.16 Å². The second-order valence-corrected chi connectivity index (χ2v) is 9.70. The van der Waals surface area contributed by atoms with Gasteiger partial charge in [0.2, 0.25) is 0 Å². The first-order valence-corrected chi connectivity index (χ1v) is 11.4. The molecule has 3 N–H and O–H groups in total. The molecule has 0 radical (unpaired) electrons. The molecule has 3 heterocycles. The Kier molecular flexibility index (Phi) is 6.57. The third kappa shape index (κ3) is 4.52. The number of carbonyl (C=O) groups excluding carboxylic acids is 3. The maximum atomic E-state index is 12.8. The Morgan fingerprint density at radius 1 is 1.48 bits per heavy atom. The van der Waals surface area contributed by atoms with E-state index in [-0.39, 0.29) is 22.2 Å². The quantitative estimate of drug-likeness (QED) is 0.204. The predicted octanol–water partition coefficient (Wildman–Crippen LogP) is -1.42. The number of quaternary nitrogens is 1. The molecule has 0 saturated carbocycles. The summed E-state index contributed by atoms with van der Waals surface area (Å²) < 4.78 is 0.577. The summed E-state index contributed by atoms with van der Waals surface area (Å²) >= 11 is 2.53. The molecule has 2 amide bonds. The number of carboxylic acids is 1. The molecule has 13 heteroatoms. The van der Waals surface area contributed by atoms with Crippen molar-refractivity contribution >= 4 is 51.7 Å². The van der Waals surface area contributed by atoms with Crippen LogP contribution in [0.5, 0.6) is 0 Å². The summed E-state index contributed by atoms with van der Waals surface area (Å²) in [6.07, 6.45) is 0. The van der Waals surface area contributed by atoms with Crippen LogP contribution in [0, 0.1) is 0 Å². The zero-order valence-electron chi connectivity index (χ0n) is 17.6. The number of likely N-dealkylation sites (N-methyl/N-ethyl adjacent to an activating group) is 1. The van der Waals surface area contributed by atoms with Gasteiger partial charge in [0, 0.05) is 16.7 Å². The number of nitrogen functional groups attached to an aromatic ring is 1. The van der Waals surface area contributed by atoms with Crippen LogP contribution in [0.25, 0.3) is 0 Å². The van der Waals surface area contributed by atoms with E-state index in [9.17, 15) is 19.5 Å². The number of amides is 2. The van der Waals surface area contributed by atoms with Crippen LogP contribution in [0.2, 0.25) is 0 Å². The van der Waals surface area contributed by atoms with E-state index in [1.165, 1.54) is 23.8 Å². The van der Waals surface area contributed by atoms with Crippen molar-refractivity contribution in [3.8, 4) is 0 Å². The molecule has 0 aliphatic carbocycles. The highest BCUT2D eigenvalue weighted by Gasteiger charge is 2.53. The lowest BCUT2D eigenvalue weighted by Crippen LogP contribution is -2.71. The standard InChI is InChI=1S/C18H24N6O5S2/c1-5-24(2,3)6-9-7-30-16-12(15(26)23(16)13(9)17(27)28)21-14(25)11(22-29-4)10-8-31-18(19)20-10/h8,12,16H,5-7H2,1-4H3,(H3-,19,20,21,25,27,28)/b22-11-. The molecule has 11 nitrogen and oxygen atoms in total. The number of nitrogens with one attached hydrogen (secondary N) is 1. The van der Waals surface area contributed by atoms with Crippen LogP contribution in [0.3, 0.4) is 0 Å². The molecule has 0 spiro atoms. The number of hydrogen-bond acceptors (Lipinski definition) is 10. The minimum Gasteiger partial charge on any atom is -0.543 e. The van der Waals surface area contributed by atoms with Gasteiger partial charge >= 0.3 is 0 Å². The first-order valence-electron chi connectivity index (χ1n) is 9.43. The van der Waals surface area contributed by atoms with Gasteiger partial charge in [-0.05, 0) is 6.92 Å². The van der Waals surface area contributed by atoms with Gasteiger partial charge in [0.15, 0.2) is 10.8 Å². The highest BCUT2D eigenvalue weighted by Crippen LogP contribution is 2.40. The van der Waals surface area contributed by atoms with Crippen molar-refractivity contribution in [3.63, 3.8) is 0 Å². The molecule has 2 aliphatic heterocycles. The lowest BCUT2D eigenvalue weighted by Gasteiger charge is -2.51. The SMILES string of the molecule is CC[N+](C)(C)CC1=C(C(=O)[O-])N2C(=O)C(NC(=O)/C(=N\OC)c3csc(N)n3)C2SC1. The van der Waals surface area contributed by atoms with E-state index in [4.69, 9.17) is 10.6 Å². The number of thiazole rings is 1. The first kappa shape index (κ1) is 23.0. The summed E-state index contributed by atoms with van der Waals surface area (Å²) in [6, 6.07) is -0.903. The Bertz CT molecular complexity index is 972. The van der Waals surface area contributed by atoms with Gasteiger partial charge in [-0.15, -0.1) is 23.1 Å². The Labute approximate surface area is 187 Å². The lowest BCUT2D eigenvalue weighted by atomic mass is 10.0. The second kappa shape index (κ2) is 8.85. The maximum absolute atomic E-state index is 12.8. The van der Waals surface area contributed by atoms with Gasteiger partial charge in [-0.3, -0.25) is 14.5 Å². The molecule has 1 fully saturated rings. The Balaban J connectivity index is 1.80. The van der Waals surface area contributed by atoms with Gasteiger partial charge in [0.05, 0.1) is 32.3 Å². The van der Waals surface area contributed by atoms with E-state index in [0.717, 1.165) is 17.9 Å². The van der Waals surface area contributed by atoms with Crippen LogP contribution in [0.4, 0.5) is 5.13 Å². The number of rotatable bonds is 8. The molecule has 2 atom stereocenters. The third-order valence-electron chi connectivity index (χ3n) is 5.16. The van der Waals surface area contributed by atoms with Crippen LogP contribution in [-0.2, 0) is 19.2 Å². The smallest absolute Gasteiger partial charge is 0.276 e. The fourth-order valence-electron chi connectivity index (χ4n) is 3.32. The summed E-state index contributed by atoms with van der Waals surface area (Å²) in [6.45, 7) is 3.29. The number of carbonyl (C=O) groups is 3. The van der Waals surface area contributed by atoms with E-state index in [1.54, 1.807) is 5.38 Å². The van der Waals surface area contributed by atoms with E-state index < -0.39 is 29.2 Å². The lowest BCUT2D eigenvalue weighted by molar-refractivity contribution is -0.883. The van der Waals surface area contributed by atoms with Crippen molar-refractivity contribution in [2.45, 2.75) is 18.3 Å². The topological polar surface area (TPSA) is 150 Å². The zero-order valence-corrected chi connectivity index (χ0v) is 19.2. The molecule has 0 aromatic carbocycles. The van der Waals surface area contributed by atoms with Crippen LogP contribution in [-0.4, -0.2) is 89.3 Å². The number of aromatic nitrogens is 1. The fourth-order valence-corrected chi connectivity index (χ4v) is 5.21. The predicted molar refractivity (Wildman–Crippen MR) is 115 cm³/mol. The molecule has 1 aromatic rings. The molecule has 1 saturated heterocycles. The maximum Gasteiger partial charge on any atom is 0.276 e. The van der Waals surface area contributed by atoms with Crippen molar-refractivity contribution in [3.05, 3.63) is 22.3 Å². The number of fused-ring (bicyclic) bond motifs is 1. The van der Waals surface area contributed by atoms with Gasteiger partial charge < -0.3 is 30.3 Å². The monoisotopic (exact) mass is 468 g/mol. The summed E-state index contributed by atoms with van der Waals surface area (Å²) in [4.78, 5) is 47.4. The van der Waals surface area contributed by atoms with E-state index in [0.29, 0.717) is 22.4 Å². The molecular weight excluding hydrogens is 444 g/mol. The van der Waals surface area contributed by atoms with E-state index >= 15 is 0 Å². The summed E-state index contributed by atoms with van der Waals surface area (Å²) in [5, 5.41) is 19.4. The number of carboxylic acid groups (broad SMARTS) is 1. The van der Waals surface area contributed by atoms with Gasteiger partial charge in [-0.25, -0.2) is 4.98 Å². The number of β-lactam (4-membered cyclic amide) rings is 1. The number of aliphatic carboxylic acids is 1. The van der Waals surface area contributed by atoms with Crippen LogP contribution >= 0.6 is 23.1 Å². The van der Waals surface area contributed by atoms with Crippen molar-refractivity contribution in [2.75, 3.05) is 45.8 Å². The van der Waals surface area contributed by atoms with Gasteiger partial charge in [0.25, 0.3) is 11.8 Å². The number of nitrogens with two attached hydrogens (primary N) is 1. The average molecular weight is 469 g/mol. The average Bonchev–Trinajstić information content (AvgIpc) is 3.15. The van der Waals surface area contributed by atoms with Crippen molar-refractivity contribution < 1.29 is 28.8 Å². The molecule has 168 valence electrons. The van der Waals surface area contributed by atoms with Crippen molar-refractivity contribution in [1.29, 1.82) is 0 Å². The van der Waals surface area contributed by atoms with Gasteiger partial charge in [-0.2, -0.15) is 0 Å². The van der Waals surface area contributed by atoms with Crippen LogP contribution in [0.1, 0.15) is 12.6 Å². The fraction of sp³-hybridized carbons (Fsp3) is 0.500. The molecule has 1 aromatic heterocycles. The van der Waals surface area contributed by atoms with Crippen molar-refractivity contribution in [1.82, 2.24) is 15.2 Å². The first-order chi connectivity index (χ1) is 14.6. The summed E-state index contributed by atoms with van der Waals surface area (Å²) in [5.41, 5.74) is 6.26. The van der Waals surface area contributed by atoms with Gasteiger partial charge in [0.1, 0.15) is 30.8 Å². The molecule has 2 unspecified atom stereocenters. The Morgan fingerprint density at radius 2 is 2.19 bits per heavy atom. The molecule has 2 aliphatic rings.